The van der Waals surface area contributed by atoms with Crippen LogP contribution in [0.2, 0.25) is 0 Å². The number of hydrogen-bond donors (Lipinski definition) is 1. The summed E-state index contributed by atoms with van der Waals surface area (Å²) in [5.41, 5.74) is 1.99. The molecule has 1 saturated carbocycles. The Balaban J connectivity index is 2.02. The molecule has 1 aromatic heterocycles. The Labute approximate surface area is 122 Å². The molecule has 2 rings (SSSR count). The lowest BCUT2D eigenvalue weighted by Gasteiger charge is -2.40. The zero-order valence-corrected chi connectivity index (χ0v) is 14.2. The lowest BCUT2D eigenvalue weighted by atomic mass is 9.70. The molecule has 1 aliphatic carbocycles. The monoisotopic (exact) mass is 279 g/mol. The van der Waals surface area contributed by atoms with E-state index in [-0.39, 0.29) is 0 Å². The van der Waals surface area contributed by atoms with Crippen LogP contribution >= 0.6 is 11.3 Å². The maximum absolute atomic E-state index is 3.88. The van der Waals surface area contributed by atoms with E-state index in [0.717, 1.165) is 5.92 Å². The molecule has 1 fully saturated rings. The first-order valence-electron chi connectivity index (χ1n) is 7.60. The SMILES string of the molecule is Cc1cc(C(C)NC2CC(C)CC(C)(C)C2)c(C)s1. The predicted octanol–water partition coefficient (Wildman–Crippen LogP) is 5.23. The van der Waals surface area contributed by atoms with Crippen LogP contribution in [0.3, 0.4) is 0 Å². The summed E-state index contributed by atoms with van der Waals surface area (Å²) in [4.78, 5) is 2.90. The van der Waals surface area contributed by atoms with Crippen LogP contribution in [0, 0.1) is 25.2 Å². The van der Waals surface area contributed by atoms with Crippen molar-refractivity contribution in [2.45, 2.75) is 72.9 Å². The second-order valence-corrected chi connectivity index (χ2v) is 8.83. The number of nitrogens with one attached hydrogen (secondary N) is 1. The zero-order chi connectivity index (χ0) is 14.2. The number of rotatable bonds is 3. The lowest BCUT2D eigenvalue weighted by molar-refractivity contribution is 0.145. The fourth-order valence-corrected chi connectivity index (χ4v) is 5.02. The van der Waals surface area contributed by atoms with Crippen molar-refractivity contribution in [1.29, 1.82) is 0 Å². The summed E-state index contributed by atoms with van der Waals surface area (Å²) in [5.74, 6) is 0.846. The normalized spacial score (nSPS) is 28.3. The van der Waals surface area contributed by atoms with E-state index < -0.39 is 0 Å². The molecule has 2 heteroatoms. The quantitative estimate of drug-likeness (QED) is 0.799. The van der Waals surface area contributed by atoms with E-state index in [9.17, 15) is 0 Å². The van der Waals surface area contributed by atoms with Crippen LogP contribution in [-0.2, 0) is 0 Å². The van der Waals surface area contributed by atoms with Crippen molar-refractivity contribution in [3.05, 3.63) is 21.4 Å². The maximum Gasteiger partial charge on any atom is 0.0305 e. The molecule has 0 bridgehead atoms. The van der Waals surface area contributed by atoms with Gasteiger partial charge in [-0.05, 0) is 63.0 Å². The van der Waals surface area contributed by atoms with Crippen molar-refractivity contribution in [2.75, 3.05) is 0 Å². The molecule has 108 valence electrons. The Kier molecular flexibility index (Phi) is 4.42. The minimum atomic E-state index is 0.482. The highest BCUT2D eigenvalue weighted by molar-refractivity contribution is 7.12. The zero-order valence-electron chi connectivity index (χ0n) is 13.3. The summed E-state index contributed by atoms with van der Waals surface area (Å²) >= 11 is 1.92. The van der Waals surface area contributed by atoms with Crippen LogP contribution in [0.5, 0.6) is 0 Å². The highest BCUT2D eigenvalue weighted by Crippen LogP contribution is 2.39. The molecule has 0 radical (unpaired) electrons. The minimum absolute atomic E-state index is 0.482. The van der Waals surface area contributed by atoms with Crippen molar-refractivity contribution < 1.29 is 0 Å². The van der Waals surface area contributed by atoms with Gasteiger partial charge in [0.15, 0.2) is 0 Å². The van der Waals surface area contributed by atoms with E-state index in [4.69, 9.17) is 0 Å². The molecule has 1 aliphatic rings. The standard InChI is InChI=1S/C17H29NS/c1-11-7-15(10-17(5,6)9-11)18-13(3)16-8-12(2)19-14(16)4/h8,11,13,15,18H,7,9-10H2,1-6H3. The summed E-state index contributed by atoms with van der Waals surface area (Å²) < 4.78 is 0. The molecule has 1 aromatic rings. The Morgan fingerprint density at radius 1 is 1.32 bits per heavy atom. The Bertz CT molecular complexity index is 432. The van der Waals surface area contributed by atoms with Gasteiger partial charge < -0.3 is 5.32 Å². The smallest absolute Gasteiger partial charge is 0.0305 e. The van der Waals surface area contributed by atoms with Gasteiger partial charge in [0.05, 0.1) is 0 Å². The van der Waals surface area contributed by atoms with E-state index in [2.05, 4.69) is 52.9 Å². The van der Waals surface area contributed by atoms with Crippen molar-refractivity contribution in [2.24, 2.45) is 11.3 Å². The highest BCUT2D eigenvalue weighted by Gasteiger charge is 2.32. The van der Waals surface area contributed by atoms with Gasteiger partial charge in [-0.25, -0.2) is 0 Å². The summed E-state index contributed by atoms with van der Waals surface area (Å²) in [6.45, 7) is 14.0. The first-order chi connectivity index (χ1) is 8.77. The third-order valence-corrected chi connectivity index (χ3v) is 5.40. The third-order valence-electron chi connectivity index (χ3n) is 4.42. The topological polar surface area (TPSA) is 12.0 Å². The number of aryl methyl sites for hydroxylation is 2. The summed E-state index contributed by atoms with van der Waals surface area (Å²) in [7, 11) is 0. The van der Waals surface area contributed by atoms with Gasteiger partial charge in [-0.1, -0.05) is 20.8 Å². The van der Waals surface area contributed by atoms with Crippen LogP contribution in [-0.4, -0.2) is 6.04 Å². The lowest BCUT2D eigenvalue weighted by Crippen LogP contribution is -2.41. The fraction of sp³-hybridized carbons (Fsp3) is 0.765. The van der Waals surface area contributed by atoms with E-state index in [1.54, 1.807) is 0 Å². The van der Waals surface area contributed by atoms with Crippen molar-refractivity contribution in [3.63, 3.8) is 0 Å². The fourth-order valence-electron chi connectivity index (χ4n) is 4.00. The van der Waals surface area contributed by atoms with E-state index >= 15 is 0 Å². The molecule has 3 unspecified atom stereocenters. The Morgan fingerprint density at radius 3 is 2.53 bits per heavy atom. The van der Waals surface area contributed by atoms with Crippen molar-refractivity contribution in [1.82, 2.24) is 5.32 Å². The Hall–Kier alpha value is -0.340. The van der Waals surface area contributed by atoms with Crippen LogP contribution < -0.4 is 5.32 Å². The van der Waals surface area contributed by atoms with Gasteiger partial charge in [-0.15, -0.1) is 11.3 Å². The molecule has 3 atom stereocenters. The highest BCUT2D eigenvalue weighted by atomic mass is 32.1. The maximum atomic E-state index is 3.88. The van der Waals surface area contributed by atoms with E-state index in [0.29, 0.717) is 17.5 Å². The summed E-state index contributed by atoms with van der Waals surface area (Å²) in [6, 6.07) is 3.51. The molecule has 19 heavy (non-hydrogen) atoms. The van der Waals surface area contributed by atoms with Crippen molar-refractivity contribution in [3.8, 4) is 0 Å². The first kappa shape index (κ1) is 15.1. The summed E-state index contributed by atoms with van der Waals surface area (Å²) in [6.07, 6.45) is 4.01. The molecular weight excluding hydrogens is 250 g/mol. The molecule has 0 saturated heterocycles. The molecule has 0 aromatic carbocycles. The second kappa shape index (κ2) is 5.57. The first-order valence-corrected chi connectivity index (χ1v) is 8.41. The van der Waals surface area contributed by atoms with Gasteiger partial charge in [0.25, 0.3) is 0 Å². The van der Waals surface area contributed by atoms with Gasteiger partial charge in [0.2, 0.25) is 0 Å². The van der Waals surface area contributed by atoms with Crippen LogP contribution in [0.25, 0.3) is 0 Å². The van der Waals surface area contributed by atoms with Gasteiger partial charge in [-0.3, -0.25) is 0 Å². The molecular formula is C17H29NS. The molecule has 1 N–H and O–H groups in total. The average Bonchev–Trinajstić information content (AvgIpc) is 2.54. The minimum Gasteiger partial charge on any atom is -0.307 e. The molecule has 1 nitrogen and oxygen atoms in total. The Morgan fingerprint density at radius 2 is 2.00 bits per heavy atom. The molecule has 1 heterocycles. The van der Waals surface area contributed by atoms with Crippen LogP contribution in [0.4, 0.5) is 0 Å². The largest absolute Gasteiger partial charge is 0.307 e. The average molecular weight is 279 g/mol. The molecule has 0 spiro atoms. The van der Waals surface area contributed by atoms with Crippen LogP contribution in [0.1, 0.15) is 68.3 Å². The predicted molar refractivity (Wildman–Crippen MR) is 85.9 cm³/mol. The molecule has 0 amide bonds. The van der Waals surface area contributed by atoms with Gasteiger partial charge in [0, 0.05) is 21.8 Å². The van der Waals surface area contributed by atoms with Crippen molar-refractivity contribution >= 4 is 11.3 Å². The molecule has 0 aliphatic heterocycles. The van der Waals surface area contributed by atoms with Gasteiger partial charge in [0.1, 0.15) is 0 Å². The third kappa shape index (κ3) is 3.82. The van der Waals surface area contributed by atoms with Gasteiger partial charge >= 0.3 is 0 Å². The number of thiophene rings is 1. The second-order valence-electron chi connectivity index (χ2n) is 7.37. The number of hydrogen-bond acceptors (Lipinski definition) is 2. The van der Waals surface area contributed by atoms with E-state index in [1.165, 1.54) is 34.6 Å². The van der Waals surface area contributed by atoms with E-state index in [1.807, 2.05) is 11.3 Å². The van der Waals surface area contributed by atoms with Gasteiger partial charge in [-0.2, -0.15) is 0 Å². The summed E-state index contributed by atoms with van der Waals surface area (Å²) in [5, 5.41) is 3.88. The van der Waals surface area contributed by atoms with Crippen LogP contribution in [0.15, 0.2) is 6.07 Å².